The first-order chi connectivity index (χ1) is 37.6. The van der Waals surface area contributed by atoms with Crippen molar-refractivity contribution in [3.63, 3.8) is 0 Å². The molecular formula is C68H115NO8. The van der Waals surface area contributed by atoms with Gasteiger partial charge in [-0.15, -0.1) is 0 Å². The zero-order chi connectivity index (χ0) is 56.2. The molecule has 0 N–H and O–H groups in total. The molecule has 9 nitrogen and oxygen atoms in total. The zero-order valence-corrected chi connectivity index (χ0v) is 50.0. The molecule has 0 aliphatic carbocycles. The van der Waals surface area contributed by atoms with Crippen LogP contribution in [0.3, 0.4) is 0 Å². The average molecular weight is 1070 g/mol. The normalized spacial score (nSPS) is 13.5. The Bertz CT molecular complexity index is 1630. The van der Waals surface area contributed by atoms with Crippen LogP contribution in [-0.2, 0) is 33.3 Å². The molecule has 0 aromatic rings. The van der Waals surface area contributed by atoms with Crippen molar-refractivity contribution >= 4 is 17.9 Å². The van der Waals surface area contributed by atoms with Crippen molar-refractivity contribution in [1.29, 1.82) is 0 Å². The van der Waals surface area contributed by atoms with Gasteiger partial charge in [-0.25, -0.2) is 0 Å². The number of carbonyl (C=O) groups is 3. The lowest BCUT2D eigenvalue weighted by Gasteiger charge is -2.26. The number of rotatable bonds is 56. The number of carboxylic acid groups (broad SMARTS) is 1. The standard InChI is InChI=1S/C68H115NO8/c1-6-8-10-12-14-16-18-20-22-24-25-26-27-28-29-30-31-32-33-34-35-36-37-38-39-40-41-43-45-47-49-51-53-55-57-59-66(71)77-64(63-76-68(67(72)73)74-61-60-69(3,4)5)62-75-65(70)58-56-54-52-50-48-46-44-42-23-21-19-17-15-13-11-9-7-2/h8,10,14-17,20-23,25-26,28-29,31-32,34-35,64,68H,6-7,9,11-13,18-19,24,27,30,33,36-63H2,1-5H3/b10-8-,16-14-,17-15-,22-20-,23-21-,26-25-,29-28-,32-31-,35-34-. The zero-order valence-electron chi connectivity index (χ0n) is 50.0. The van der Waals surface area contributed by atoms with E-state index in [1.807, 2.05) is 21.1 Å². The highest BCUT2D eigenvalue weighted by Crippen LogP contribution is 2.16. The van der Waals surface area contributed by atoms with Crippen LogP contribution in [0.25, 0.3) is 0 Å². The molecule has 0 saturated heterocycles. The molecule has 0 aliphatic heterocycles. The number of hydrogen-bond donors (Lipinski definition) is 0. The lowest BCUT2D eigenvalue weighted by Crippen LogP contribution is -2.44. The number of allylic oxidation sites excluding steroid dienone is 18. The third kappa shape index (κ3) is 59.5. The van der Waals surface area contributed by atoms with Crippen LogP contribution in [0, 0.1) is 0 Å². The smallest absolute Gasteiger partial charge is 0.306 e. The molecular weight excluding hydrogens is 959 g/mol. The molecule has 2 unspecified atom stereocenters. The highest BCUT2D eigenvalue weighted by Gasteiger charge is 2.22. The van der Waals surface area contributed by atoms with Gasteiger partial charge in [-0.3, -0.25) is 9.59 Å². The Morgan fingerprint density at radius 1 is 0.403 bits per heavy atom. The maximum absolute atomic E-state index is 12.9. The van der Waals surface area contributed by atoms with Crippen LogP contribution in [0.5, 0.6) is 0 Å². The fourth-order valence-electron chi connectivity index (χ4n) is 8.25. The van der Waals surface area contributed by atoms with Crippen LogP contribution < -0.4 is 5.11 Å². The van der Waals surface area contributed by atoms with Crippen LogP contribution >= 0.6 is 0 Å². The predicted octanol–water partition coefficient (Wildman–Crippen LogP) is 17.3. The lowest BCUT2D eigenvalue weighted by molar-refractivity contribution is -0.870. The average Bonchev–Trinajstić information content (AvgIpc) is 3.40. The summed E-state index contributed by atoms with van der Waals surface area (Å²) < 4.78 is 22.7. The minimum atomic E-state index is -1.63. The predicted molar refractivity (Wildman–Crippen MR) is 324 cm³/mol. The third-order valence-corrected chi connectivity index (χ3v) is 13.0. The summed E-state index contributed by atoms with van der Waals surface area (Å²) in [6.07, 6.45) is 77.1. The summed E-state index contributed by atoms with van der Waals surface area (Å²) in [5.74, 6) is -2.30. The molecule has 0 radical (unpaired) electrons. The minimum Gasteiger partial charge on any atom is -0.545 e. The Balaban J connectivity index is 4.16. The number of aliphatic carboxylic acids is 1. The number of hydrogen-bond acceptors (Lipinski definition) is 8. The van der Waals surface area contributed by atoms with Crippen molar-refractivity contribution in [3.8, 4) is 0 Å². The topological polar surface area (TPSA) is 111 Å². The van der Waals surface area contributed by atoms with Gasteiger partial charge in [-0.2, -0.15) is 0 Å². The van der Waals surface area contributed by atoms with Gasteiger partial charge in [-0.1, -0.05) is 239 Å². The van der Waals surface area contributed by atoms with E-state index in [0.717, 1.165) is 103 Å². The van der Waals surface area contributed by atoms with Crippen LogP contribution in [0.1, 0.15) is 245 Å². The Hall–Kier alpha value is -4.05. The van der Waals surface area contributed by atoms with Gasteiger partial charge in [0.15, 0.2) is 12.4 Å². The molecule has 0 heterocycles. The fraction of sp³-hybridized carbons (Fsp3) is 0.691. The van der Waals surface area contributed by atoms with Crippen molar-refractivity contribution in [3.05, 3.63) is 109 Å². The number of carboxylic acids is 1. The first-order valence-corrected chi connectivity index (χ1v) is 31.0. The van der Waals surface area contributed by atoms with Gasteiger partial charge in [-0.05, 0) is 103 Å². The van der Waals surface area contributed by atoms with Crippen LogP contribution in [0.2, 0.25) is 0 Å². The third-order valence-electron chi connectivity index (χ3n) is 13.0. The van der Waals surface area contributed by atoms with E-state index < -0.39 is 24.3 Å². The van der Waals surface area contributed by atoms with Crippen molar-refractivity contribution in [2.24, 2.45) is 0 Å². The fourth-order valence-corrected chi connectivity index (χ4v) is 8.25. The summed E-state index contributed by atoms with van der Waals surface area (Å²) >= 11 is 0. The molecule has 0 aromatic heterocycles. The van der Waals surface area contributed by atoms with E-state index in [1.165, 1.54) is 109 Å². The molecule has 0 fully saturated rings. The number of likely N-dealkylation sites (N-methyl/N-ethyl adjacent to an activating group) is 1. The van der Waals surface area contributed by atoms with Crippen molar-refractivity contribution in [2.75, 3.05) is 47.5 Å². The minimum absolute atomic E-state index is 0.142. The SMILES string of the molecule is CC/C=C\C/C=C\C/C=C\C/C=C\C/C=C\C/C=C\C/C=C\CCCCCCCCCCCCCCCC(=O)OC(COC(=O)CCCCCCCCC/C=C\C/C=C\CCCCC)COC(OCC[N+](C)(C)C)C(=O)[O-]. The maximum atomic E-state index is 12.9. The van der Waals surface area contributed by atoms with E-state index >= 15 is 0 Å². The number of nitrogens with zero attached hydrogens (tertiary/aromatic N) is 1. The van der Waals surface area contributed by atoms with E-state index in [9.17, 15) is 19.5 Å². The van der Waals surface area contributed by atoms with Gasteiger partial charge in [0, 0.05) is 12.8 Å². The molecule has 9 heteroatoms. The molecule has 2 atom stereocenters. The van der Waals surface area contributed by atoms with Gasteiger partial charge >= 0.3 is 11.9 Å². The molecule has 0 spiro atoms. The number of ether oxygens (including phenoxy) is 4. The van der Waals surface area contributed by atoms with Gasteiger partial charge < -0.3 is 33.3 Å². The number of esters is 2. The Morgan fingerprint density at radius 3 is 1.10 bits per heavy atom. The van der Waals surface area contributed by atoms with Gasteiger partial charge in [0.25, 0.3) is 0 Å². The van der Waals surface area contributed by atoms with E-state index in [-0.39, 0.29) is 38.6 Å². The van der Waals surface area contributed by atoms with Gasteiger partial charge in [0.1, 0.15) is 13.2 Å². The van der Waals surface area contributed by atoms with Crippen LogP contribution in [0.4, 0.5) is 0 Å². The van der Waals surface area contributed by atoms with Crippen molar-refractivity contribution in [1.82, 2.24) is 0 Å². The quantitative estimate of drug-likeness (QED) is 0.0195. The van der Waals surface area contributed by atoms with Gasteiger partial charge in [0.05, 0.1) is 40.3 Å². The summed E-state index contributed by atoms with van der Waals surface area (Å²) in [5.41, 5.74) is 0. The second kappa shape index (κ2) is 58.1. The van der Waals surface area contributed by atoms with E-state index in [2.05, 4.69) is 123 Å². The van der Waals surface area contributed by atoms with Gasteiger partial charge in [0.2, 0.25) is 0 Å². The Labute approximate surface area is 473 Å². The van der Waals surface area contributed by atoms with Crippen LogP contribution in [-0.4, -0.2) is 82.3 Å². The monoisotopic (exact) mass is 1070 g/mol. The first-order valence-electron chi connectivity index (χ1n) is 31.0. The summed E-state index contributed by atoms with van der Waals surface area (Å²) in [4.78, 5) is 37.3. The summed E-state index contributed by atoms with van der Waals surface area (Å²) in [6, 6.07) is 0. The van der Waals surface area contributed by atoms with E-state index in [4.69, 9.17) is 18.9 Å². The van der Waals surface area contributed by atoms with Crippen molar-refractivity contribution < 1.29 is 42.9 Å². The molecule has 0 bridgehead atoms. The second-order valence-electron chi connectivity index (χ2n) is 21.6. The highest BCUT2D eigenvalue weighted by atomic mass is 16.7. The van der Waals surface area contributed by atoms with E-state index in [1.54, 1.807) is 0 Å². The summed E-state index contributed by atoms with van der Waals surface area (Å²) in [6.45, 7) is 4.60. The maximum Gasteiger partial charge on any atom is 0.306 e. The summed E-state index contributed by atoms with van der Waals surface area (Å²) in [7, 11) is 5.92. The summed E-state index contributed by atoms with van der Waals surface area (Å²) in [5, 5.41) is 11.8. The second-order valence-corrected chi connectivity index (χ2v) is 21.6. The van der Waals surface area contributed by atoms with Crippen molar-refractivity contribution in [2.45, 2.75) is 257 Å². The molecule has 0 amide bonds. The Morgan fingerprint density at radius 2 is 0.740 bits per heavy atom. The number of unbranched alkanes of at least 4 members (excludes halogenated alkanes) is 23. The molecule has 0 rings (SSSR count). The number of quaternary nitrogens is 1. The molecule has 0 aliphatic rings. The first kappa shape index (κ1) is 73.0. The molecule has 0 aromatic carbocycles. The van der Waals surface area contributed by atoms with Crippen LogP contribution in [0.15, 0.2) is 109 Å². The lowest BCUT2D eigenvalue weighted by atomic mass is 10.0. The largest absolute Gasteiger partial charge is 0.545 e. The van der Waals surface area contributed by atoms with E-state index in [0.29, 0.717) is 17.4 Å². The molecule has 0 saturated carbocycles. The number of carbonyl (C=O) groups excluding carboxylic acids is 3. The Kier molecular flexibility index (Phi) is 55.1. The molecule has 440 valence electrons. The molecule has 77 heavy (non-hydrogen) atoms. The highest BCUT2D eigenvalue weighted by molar-refractivity contribution is 5.70.